The van der Waals surface area contributed by atoms with Gasteiger partial charge in [-0.15, -0.1) is 11.6 Å². The molecule has 1 saturated carbocycles. The summed E-state index contributed by atoms with van der Waals surface area (Å²) in [5.74, 6) is -1.37. The SMILES string of the molecule is O=C1[C@H](Cl)[C@@H]([NH+]2CCOCC2)C(=O)C(Cl)(Cl)C1(Cl)Cl. The Morgan fingerprint density at radius 3 is 2.00 bits per heavy atom. The lowest BCUT2D eigenvalue weighted by atomic mass is 9.89. The van der Waals surface area contributed by atoms with Crippen LogP contribution >= 0.6 is 58.0 Å². The molecule has 0 aromatic heterocycles. The fourth-order valence-corrected chi connectivity index (χ4v) is 3.71. The van der Waals surface area contributed by atoms with Crippen molar-refractivity contribution in [3.05, 3.63) is 0 Å². The number of ether oxygens (including phenoxy) is 1. The van der Waals surface area contributed by atoms with Crippen LogP contribution in [-0.2, 0) is 14.3 Å². The van der Waals surface area contributed by atoms with E-state index in [0.717, 1.165) is 4.90 Å². The van der Waals surface area contributed by atoms with E-state index in [1.807, 2.05) is 0 Å². The van der Waals surface area contributed by atoms with Gasteiger partial charge < -0.3 is 9.64 Å². The number of hydrogen-bond donors (Lipinski definition) is 1. The topological polar surface area (TPSA) is 47.8 Å². The first-order valence-electron chi connectivity index (χ1n) is 5.62. The molecule has 1 N–H and O–H groups in total. The number of nitrogens with one attached hydrogen (secondary N) is 1. The van der Waals surface area contributed by atoms with Gasteiger partial charge in [-0.3, -0.25) is 9.59 Å². The molecule has 0 spiro atoms. The normalized spacial score (nSPS) is 35.4. The van der Waals surface area contributed by atoms with Crippen molar-refractivity contribution in [3.63, 3.8) is 0 Å². The summed E-state index contributed by atoms with van der Waals surface area (Å²) in [4.78, 5) is 25.3. The molecule has 2 fully saturated rings. The van der Waals surface area contributed by atoms with Crippen LogP contribution in [0.1, 0.15) is 0 Å². The Bertz CT molecular complexity index is 408. The second-order valence-electron chi connectivity index (χ2n) is 4.53. The van der Waals surface area contributed by atoms with Crippen LogP contribution in [0.25, 0.3) is 0 Å². The number of morpholine rings is 1. The quantitative estimate of drug-likeness (QED) is 0.679. The zero-order valence-electron chi connectivity index (χ0n) is 9.60. The van der Waals surface area contributed by atoms with Crippen molar-refractivity contribution in [2.75, 3.05) is 26.3 Å². The maximum Gasteiger partial charge on any atom is 0.231 e. The number of alkyl halides is 5. The predicted octanol–water partition coefficient (Wildman–Crippen LogP) is 0.377. The van der Waals surface area contributed by atoms with E-state index in [1.54, 1.807) is 0 Å². The molecule has 0 aromatic rings. The first kappa shape index (κ1) is 16.1. The molecule has 1 aliphatic carbocycles. The third-order valence-electron chi connectivity index (χ3n) is 3.41. The van der Waals surface area contributed by atoms with E-state index in [0.29, 0.717) is 26.3 Å². The van der Waals surface area contributed by atoms with Gasteiger partial charge in [-0.05, 0) is 0 Å². The average molecular weight is 370 g/mol. The highest BCUT2D eigenvalue weighted by Gasteiger charge is 2.68. The van der Waals surface area contributed by atoms with Gasteiger partial charge in [-0.2, -0.15) is 0 Å². The van der Waals surface area contributed by atoms with Gasteiger partial charge in [0.2, 0.25) is 14.4 Å². The zero-order chi connectivity index (χ0) is 14.4. The Morgan fingerprint density at radius 1 is 1.00 bits per heavy atom. The molecular weight excluding hydrogens is 359 g/mol. The third-order valence-corrected chi connectivity index (χ3v) is 6.13. The minimum atomic E-state index is -2.23. The van der Waals surface area contributed by atoms with E-state index in [-0.39, 0.29) is 0 Å². The van der Waals surface area contributed by atoms with Crippen LogP contribution in [0.3, 0.4) is 0 Å². The van der Waals surface area contributed by atoms with E-state index in [2.05, 4.69) is 0 Å². The minimum absolute atomic E-state index is 0.474. The summed E-state index contributed by atoms with van der Waals surface area (Å²) in [5.41, 5.74) is 0. The summed E-state index contributed by atoms with van der Waals surface area (Å²) >= 11 is 29.5. The van der Waals surface area contributed by atoms with Crippen molar-refractivity contribution >= 4 is 69.6 Å². The molecule has 1 saturated heterocycles. The van der Waals surface area contributed by atoms with E-state index in [1.165, 1.54) is 0 Å². The van der Waals surface area contributed by atoms with Crippen LogP contribution in [0, 0.1) is 0 Å². The van der Waals surface area contributed by atoms with Gasteiger partial charge in [0.1, 0.15) is 13.1 Å². The number of ketones is 2. The molecule has 108 valence electrons. The highest BCUT2D eigenvalue weighted by molar-refractivity contribution is 6.76. The number of halogens is 5. The minimum Gasteiger partial charge on any atom is -0.370 e. The van der Waals surface area contributed by atoms with Crippen molar-refractivity contribution in [2.24, 2.45) is 0 Å². The molecule has 9 heteroatoms. The summed E-state index contributed by atoms with van der Waals surface area (Å²) in [7, 11) is 0. The first-order chi connectivity index (χ1) is 8.71. The molecule has 1 heterocycles. The molecule has 19 heavy (non-hydrogen) atoms. The van der Waals surface area contributed by atoms with E-state index in [4.69, 9.17) is 62.7 Å². The van der Waals surface area contributed by atoms with Gasteiger partial charge in [-0.25, -0.2) is 0 Å². The molecule has 0 bridgehead atoms. The maximum atomic E-state index is 12.4. The lowest BCUT2D eigenvalue weighted by Gasteiger charge is -2.43. The van der Waals surface area contributed by atoms with Crippen LogP contribution in [0.5, 0.6) is 0 Å². The number of hydrogen-bond acceptors (Lipinski definition) is 3. The molecule has 0 radical (unpaired) electrons. The molecule has 2 atom stereocenters. The van der Waals surface area contributed by atoms with Gasteiger partial charge in [0, 0.05) is 0 Å². The second kappa shape index (κ2) is 5.48. The fraction of sp³-hybridized carbons (Fsp3) is 0.800. The summed E-state index contributed by atoms with van der Waals surface area (Å²) in [6, 6.07) is -0.862. The third kappa shape index (κ3) is 2.50. The first-order valence-corrected chi connectivity index (χ1v) is 7.56. The lowest BCUT2D eigenvalue weighted by Crippen LogP contribution is -3.20. The number of carbonyl (C=O) groups is 2. The molecule has 2 rings (SSSR count). The highest BCUT2D eigenvalue weighted by atomic mass is 35.5. The van der Waals surface area contributed by atoms with Gasteiger partial charge >= 0.3 is 0 Å². The van der Waals surface area contributed by atoms with Crippen molar-refractivity contribution in [3.8, 4) is 0 Å². The van der Waals surface area contributed by atoms with E-state index < -0.39 is 31.7 Å². The van der Waals surface area contributed by atoms with Gasteiger partial charge in [0.25, 0.3) is 0 Å². The van der Waals surface area contributed by atoms with Crippen molar-refractivity contribution < 1.29 is 19.2 Å². The maximum absolute atomic E-state index is 12.4. The van der Waals surface area contributed by atoms with E-state index >= 15 is 0 Å². The lowest BCUT2D eigenvalue weighted by molar-refractivity contribution is -0.922. The molecule has 0 amide bonds. The Kier molecular flexibility index (Phi) is 4.64. The fourth-order valence-electron chi connectivity index (χ4n) is 2.30. The molecule has 2 aliphatic rings. The molecular formula is C10H11Cl5NO3+. The van der Waals surface area contributed by atoms with Crippen molar-refractivity contribution in [1.29, 1.82) is 0 Å². The Labute approximate surface area is 135 Å². The number of quaternary nitrogens is 1. The van der Waals surface area contributed by atoms with Gasteiger partial charge in [0.15, 0.2) is 17.2 Å². The van der Waals surface area contributed by atoms with Crippen molar-refractivity contribution in [1.82, 2.24) is 0 Å². The standard InChI is InChI=1S/C10H10Cl5NO3/c11-5-6(16-1-3-19-4-2-16)8(18)10(14,15)9(12,13)7(5)17/h5-6H,1-4H2/p+1/t5-,6-/m1/s1. The van der Waals surface area contributed by atoms with Crippen LogP contribution in [0.15, 0.2) is 0 Å². The second-order valence-corrected chi connectivity index (χ2v) is 7.65. The zero-order valence-corrected chi connectivity index (χ0v) is 13.4. The average Bonchev–Trinajstić information content (AvgIpc) is 2.37. The number of rotatable bonds is 1. The smallest absolute Gasteiger partial charge is 0.231 e. The predicted molar refractivity (Wildman–Crippen MR) is 73.8 cm³/mol. The summed E-state index contributed by atoms with van der Waals surface area (Å²) < 4.78 is 0.768. The summed E-state index contributed by atoms with van der Waals surface area (Å²) in [6.45, 7) is 2.02. The van der Waals surface area contributed by atoms with Crippen LogP contribution in [0.4, 0.5) is 0 Å². The van der Waals surface area contributed by atoms with Crippen LogP contribution < -0.4 is 4.90 Å². The Hall–Kier alpha value is 0.710. The van der Waals surface area contributed by atoms with Gasteiger partial charge in [0.05, 0.1) is 13.2 Å². The monoisotopic (exact) mass is 368 g/mol. The van der Waals surface area contributed by atoms with Gasteiger partial charge in [-0.1, -0.05) is 46.4 Å². The largest absolute Gasteiger partial charge is 0.370 e. The number of carbonyl (C=O) groups excluding carboxylic acids is 2. The highest BCUT2D eigenvalue weighted by Crippen LogP contribution is 2.49. The molecule has 1 aliphatic heterocycles. The van der Waals surface area contributed by atoms with E-state index in [9.17, 15) is 9.59 Å². The van der Waals surface area contributed by atoms with Crippen LogP contribution in [-0.4, -0.2) is 58.0 Å². The number of Topliss-reactive ketones (excluding diaryl/α,β-unsaturated/α-hetero) is 2. The molecule has 0 aromatic carbocycles. The Morgan fingerprint density at radius 2 is 1.47 bits per heavy atom. The summed E-state index contributed by atoms with van der Waals surface area (Å²) in [6.07, 6.45) is 0. The van der Waals surface area contributed by atoms with Crippen molar-refractivity contribution in [2.45, 2.75) is 20.1 Å². The summed E-state index contributed by atoms with van der Waals surface area (Å²) in [5, 5.41) is -1.15. The molecule has 4 nitrogen and oxygen atoms in total. The molecule has 0 unspecified atom stereocenters. The Balaban J connectivity index is 2.34. The van der Waals surface area contributed by atoms with Crippen LogP contribution in [0.2, 0.25) is 0 Å².